The molecule has 4 rings (SSSR count). The Kier molecular flexibility index (Phi) is 5.13. The summed E-state index contributed by atoms with van der Waals surface area (Å²) in [6.45, 7) is 10.6. The summed E-state index contributed by atoms with van der Waals surface area (Å²) in [5, 5.41) is 1.54. The summed E-state index contributed by atoms with van der Waals surface area (Å²) in [7, 11) is -3.43. The van der Waals surface area contributed by atoms with Crippen molar-refractivity contribution < 1.29 is 13.2 Å². The van der Waals surface area contributed by atoms with Gasteiger partial charge in [0, 0.05) is 11.1 Å². The Hall–Kier alpha value is -2.46. The van der Waals surface area contributed by atoms with Crippen molar-refractivity contribution in [2.24, 2.45) is 0 Å². The molecule has 0 unspecified atom stereocenters. The fourth-order valence-corrected chi connectivity index (χ4v) is 5.64. The highest BCUT2D eigenvalue weighted by molar-refractivity contribution is 7.91. The fraction of sp³-hybridized carbons (Fsp3) is 0.370. The van der Waals surface area contributed by atoms with E-state index < -0.39 is 9.84 Å². The molecule has 3 aromatic rings. The zero-order valence-corrected chi connectivity index (χ0v) is 19.8. The number of ketones is 1. The highest BCUT2D eigenvalue weighted by Crippen LogP contribution is 2.46. The number of sulfone groups is 1. The third-order valence-electron chi connectivity index (χ3n) is 6.93. The maximum Gasteiger partial charge on any atom is 0.193 e. The first-order chi connectivity index (χ1) is 14.5. The van der Waals surface area contributed by atoms with Gasteiger partial charge in [-0.15, -0.1) is 0 Å². The Morgan fingerprint density at radius 2 is 1.52 bits per heavy atom. The van der Waals surface area contributed by atoms with Gasteiger partial charge in [0.05, 0.1) is 10.6 Å². The van der Waals surface area contributed by atoms with Crippen LogP contribution in [0.2, 0.25) is 0 Å². The monoisotopic (exact) mass is 434 g/mol. The van der Waals surface area contributed by atoms with Crippen LogP contribution in [0.3, 0.4) is 0 Å². The quantitative estimate of drug-likeness (QED) is 0.459. The molecule has 0 radical (unpaired) electrons. The second-order valence-electron chi connectivity index (χ2n) is 9.95. The molecular formula is C27H30O3S. The predicted molar refractivity (Wildman–Crippen MR) is 127 cm³/mol. The van der Waals surface area contributed by atoms with Crippen LogP contribution in [0, 0.1) is 0 Å². The van der Waals surface area contributed by atoms with Crippen molar-refractivity contribution >= 4 is 26.4 Å². The SMILES string of the molecule is CCS(=O)(=O)c1cc(C(=O)c2ccc3c(c2)C(C)(C)CCC3(C)C)c2ccccc2c1. The molecular weight excluding hydrogens is 404 g/mol. The van der Waals surface area contributed by atoms with E-state index in [1.165, 1.54) is 11.1 Å². The van der Waals surface area contributed by atoms with Crippen molar-refractivity contribution in [3.8, 4) is 0 Å². The standard InChI is InChI=1S/C27H30O3S/c1-6-31(29,30)20-15-18-9-7-8-10-21(18)22(17-20)25(28)19-11-12-23-24(16-19)27(4,5)14-13-26(23,2)3/h7-12,15-17H,6,13-14H2,1-5H3. The Balaban J connectivity index is 1.92. The number of benzene rings is 3. The molecule has 0 N–H and O–H groups in total. The van der Waals surface area contributed by atoms with E-state index in [4.69, 9.17) is 0 Å². The lowest BCUT2D eigenvalue weighted by atomic mass is 9.63. The van der Waals surface area contributed by atoms with E-state index in [0.717, 1.165) is 23.6 Å². The summed E-state index contributed by atoms with van der Waals surface area (Å²) >= 11 is 0. The Morgan fingerprint density at radius 3 is 2.19 bits per heavy atom. The first kappa shape index (κ1) is 21.8. The molecule has 0 aliphatic heterocycles. The second-order valence-corrected chi connectivity index (χ2v) is 12.2. The second kappa shape index (κ2) is 7.30. The first-order valence-corrected chi connectivity index (χ1v) is 12.6. The molecule has 162 valence electrons. The van der Waals surface area contributed by atoms with Gasteiger partial charge in [0.15, 0.2) is 15.6 Å². The zero-order valence-electron chi connectivity index (χ0n) is 19.0. The van der Waals surface area contributed by atoms with Gasteiger partial charge in [-0.25, -0.2) is 8.42 Å². The van der Waals surface area contributed by atoms with E-state index >= 15 is 0 Å². The molecule has 0 spiro atoms. The minimum Gasteiger partial charge on any atom is -0.289 e. The van der Waals surface area contributed by atoms with Gasteiger partial charge in [-0.3, -0.25) is 4.79 Å². The van der Waals surface area contributed by atoms with Crippen molar-refractivity contribution in [3.05, 3.63) is 76.9 Å². The Labute approximate surface area is 185 Å². The summed E-state index contributed by atoms with van der Waals surface area (Å²) < 4.78 is 25.2. The number of hydrogen-bond donors (Lipinski definition) is 0. The molecule has 0 bridgehead atoms. The van der Waals surface area contributed by atoms with Gasteiger partial charge < -0.3 is 0 Å². The maximum absolute atomic E-state index is 13.7. The van der Waals surface area contributed by atoms with Crippen LogP contribution in [0.5, 0.6) is 0 Å². The molecule has 1 aliphatic carbocycles. The number of fused-ring (bicyclic) bond motifs is 2. The lowest BCUT2D eigenvalue weighted by Crippen LogP contribution is -2.34. The molecule has 0 saturated carbocycles. The van der Waals surface area contributed by atoms with Crippen LogP contribution >= 0.6 is 0 Å². The molecule has 0 saturated heterocycles. The molecule has 1 aliphatic rings. The molecule has 0 amide bonds. The number of carbonyl (C=O) groups excluding carboxylic acids is 1. The predicted octanol–water partition coefficient (Wildman–Crippen LogP) is 6.21. The number of rotatable bonds is 4. The number of hydrogen-bond acceptors (Lipinski definition) is 3. The minimum atomic E-state index is -3.43. The lowest BCUT2D eigenvalue weighted by molar-refractivity contribution is 0.103. The summed E-state index contributed by atoms with van der Waals surface area (Å²) in [5.41, 5.74) is 3.65. The van der Waals surface area contributed by atoms with Crippen LogP contribution in [0.15, 0.2) is 59.5 Å². The topological polar surface area (TPSA) is 51.2 Å². The van der Waals surface area contributed by atoms with Gasteiger partial charge in [0.25, 0.3) is 0 Å². The summed E-state index contributed by atoms with van der Waals surface area (Å²) in [6.07, 6.45) is 2.18. The molecule has 4 heteroatoms. The van der Waals surface area contributed by atoms with E-state index in [9.17, 15) is 13.2 Å². The normalized spacial score (nSPS) is 17.3. The van der Waals surface area contributed by atoms with E-state index in [1.807, 2.05) is 36.4 Å². The van der Waals surface area contributed by atoms with E-state index in [-0.39, 0.29) is 27.3 Å². The summed E-state index contributed by atoms with van der Waals surface area (Å²) in [4.78, 5) is 13.9. The highest BCUT2D eigenvalue weighted by atomic mass is 32.2. The molecule has 31 heavy (non-hydrogen) atoms. The summed E-state index contributed by atoms with van der Waals surface area (Å²) in [5.74, 6) is -0.132. The van der Waals surface area contributed by atoms with Crippen LogP contribution in [0.4, 0.5) is 0 Å². The van der Waals surface area contributed by atoms with Crippen molar-refractivity contribution in [1.29, 1.82) is 0 Å². The van der Waals surface area contributed by atoms with Gasteiger partial charge in [0.2, 0.25) is 0 Å². The van der Waals surface area contributed by atoms with Gasteiger partial charge >= 0.3 is 0 Å². The van der Waals surface area contributed by atoms with Crippen LogP contribution in [-0.4, -0.2) is 20.0 Å². The average Bonchev–Trinajstić information content (AvgIpc) is 2.75. The van der Waals surface area contributed by atoms with Crippen LogP contribution < -0.4 is 0 Å². The molecule has 3 aromatic carbocycles. The lowest BCUT2D eigenvalue weighted by Gasteiger charge is -2.42. The first-order valence-electron chi connectivity index (χ1n) is 10.9. The van der Waals surface area contributed by atoms with Gasteiger partial charge in [-0.2, -0.15) is 0 Å². The van der Waals surface area contributed by atoms with E-state index in [2.05, 4.69) is 33.8 Å². The van der Waals surface area contributed by atoms with Crippen molar-refractivity contribution in [3.63, 3.8) is 0 Å². The largest absolute Gasteiger partial charge is 0.289 e. The Morgan fingerprint density at radius 1 is 0.871 bits per heavy atom. The van der Waals surface area contributed by atoms with Crippen LogP contribution in [-0.2, 0) is 20.7 Å². The van der Waals surface area contributed by atoms with Crippen LogP contribution in [0.1, 0.15) is 74.5 Å². The van der Waals surface area contributed by atoms with Crippen molar-refractivity contribution in [2.45, 2.75) is 63.2 Å². The van der Waals surface area contributed by atoms with Crippen molar-refractivity contribution in [1.82, 2.24) is 0 Å². The molecule has 0 heterocycles. The fourth-order valence-electron chi connectivity index (χ4n) is 4.70. The molecule has 0 atom stereocenters. The average molecular weight is 435 g/mol. The highest BCUT2D eigenvalue weighted by Gasteiger charge is 2.37. The van der Waals surface area contributed by atoms with Gasteiger partial charge in [-0.05, 0) is 63.8 Å². The minimum absolute atomic E-state index is 0.00108. The van der Waals surface area contributed by atoms with E-state index in [0.29, 0.717) is 11.1 Å². The van der Waals surface area contributed by atoms with Gasteiger partial charge in [0.1, 0.15) is 0 Å². The maximum atomic E-state index is 13.7. The van der Waals surface area contributed by atoms with E-state index in [1.54, 1.807) is 19.1 Å². The van der Waals surface area contributed by atoms with Crippen molar-refractivity contribution in [2.75, 3.05) is 5.75 Å². The smallest absolute Gasteiger partial charge is 0.193 e. The third-order valence-corrected chi connectivity index (χ3v) is 8.65. The number of carbonyl (C=O) groups is 1. The Bertz CT molecular complexity index is 1300. The van der Waals surface area contributed by atoms with Gasteiger partial charge in [-0.1, -0.05) is 71.0 Å². The summed E-state index contributed by atoms with van der Waals surface area (Å²) in [6, 6.07) is 16.7. The molecule has 0 fully saturated rings. The molecule has 0 aromatic heterocycles. The molecule has 3 nitrogen and oxygen atoms in total. The zero-order chi connectivity index (χ0) is 22.6. The third kappa shape index (κ3) is 3.71. The van der Waals surface area contributed by atoms with Crippen LogP contribution in [0.25, 0.3) is 10.8 Å².